The molecular weight excluding hydrogens is 400 g/mol. The number of thiophene rings is 1. The predicted molar refractivity (Wildman–Crippen MR) is 107 cm³/mol. The Hall–Kier alpha value is -2.88. The van der Waals surface area contributed by atoms with Crippen LogP contribution in [0.25, 0.3) is 10.4 Å². The van der Waals surface area contributed by atoms with E-state index in [0.29, 0.717) is 16.4 Å². The van der Waals surface area contributed by atoms with E-state index in [0.717, 1.165) is 23.5 Å². The predicted octanol–water partition coefficient (Wildman–Crippen LogP) is 3.65. The number of benzene rings is 1. The molecule has 2 heterocycles. The monoisotopic (exact) mass is 419 g/mol. The van der Waals surface area contributed by atoms with Gasteiger partial charge in [-0.3, -0.25) is 9.78 Å². The zero-order valence-electron chi connectivity index (χ0n) is 15.7. The summed E-state index contributed by atoms with van der Waals surface area (Å²) in [5.74, 6) is -2.49. The zero-order valence-corrected chi connectivity index (χ0v) is 16.5. The Bertz CT molecular complexity index is 1050. The number of anilines is 2. The number of nitrogens with zero attached hydrogens (tertiary/aromatic N) is 1. The molecule has 152 valence electrons. The van der Waals surface area contributed by atoms with Crippen molar-refractivity contribution in [3.63, 3.8) is 0 Å². The summed E-state index contributed by atoms with van der Waals surface area (Å²) in [5.41, 5.74) is 4.80. The summed E-state index contributed by atoms with van der Waals surface area (Å²) in [4.78, 5) is 16.0. The number of primary amides is 1. The number of rotatable bonds is 6. The standard InChI is InChI=1S/C20H19F2N3O3S/c1-20(2,28)10-5-14(21)17(15(22)6-10)16-8-13(18(23)27)19(29-16)25-11-3-4-24-12(7-11)9-26/h3-8,26,28H,9H2,1-2H3,(H2,23,27)(H,24,25). The minimum absolute atomic E-state index is 0.0673. The number of hydrogen-bond acceptors (Lipinski definition) is 6. The first-order chi connectivity index (χ1) is 13.6. The van der Waals surface area contributed by atoms with Gasteiger partial charge >= 0.3 is 0 Å². The van der Waals surface area contributed by atoms with Crippen LogP contribution in [-0.2, 0) is 12.2 Å². The maximum absolute atomic E-state index is 14.7. The molecule has 2 aromatic heterocycles. The highest BCUT2D eigenvalue weighted by atomic mass is 32.1. The summed E-state index contributed by atoms with van der Waals surface area (Å²) in [5, 5.41) is 22.5. The van der Waals surface area contributed by atoms with Crippen molar-refractivity contribution in [2.75, 3.05) is 5.32 Å². The van der Waals surface area contributed by atoms with Crippen LogP contribution < -0.4 is 11.1 Å². The lowest BCUT2D eigenvalue weighted by Crippen LogP contribution is -2.16. The summed E-state index contributed by atoms with van der Waals surface area (Å²) < 4.78 is 29.4. The van der Waals surface area contributed by atoms with Gasteiger partial charge in [0.1, 0.15) is 16.6 Å². The Morgan fingerprint density at radius 3 is 2.45 bits per heavy atom. The van der Waals surface area contributed by atoms with Crippen molar-refractivity contribution >= 4 is 27.9 Å². The number of hydrogen-bond donors (Lipinski definition) is 4. The number of nitrogens with one attached hydrogen (secondary N) is 1. The average molecular weight is 419 g/mol. The van der Waals surface area contributed by atoms with Gasteiger partial charge in [-0.25, -0.2) is 8.78 Å². The molecule has 0 radical (unpaired) electrons. The van der Waals surface area contributed by atoms with Crippen molar-refractivity contribution in [2.45, 2.75) is 26.1 Å². The van der Waals surface area contributed by atoms with Crippen LogP contribution >= 0.6 is 11.3 Å². The highest BCUT2D eigenvalue weighted by molar-refractivity contribution is 7.20. The second-order valence-electron chi connectivity index (χ2n) is 6.91. The van der Waals surface area contributed by atoms with Gasteiger partial charge in [0.25, 0.3) is 5.91 Å². The fraction of sp³-hybridized carbons (Fsp3) is 0.200. The number of aliphatic hydroxyl groups is 2. The molecule has 0 aliphatic carbocycles. The molecule has 5 N–H and O–H groups in total. The number of halogens is 2. The summed E-state index contributed by atoms with van der Waals surface area (Å²) in [6.07, 6.45) is 1.47. The number of pyridine rings is 1. The van der Waals surface area contributed by atoms with Gasteiger partial charge in [0.15, 0.2) is 0 Å². The minimum atomic E-state index is -1.41. The molecule has 0 unspecified atom stereocenters. The number of amides is 1. The van der Waals surface area contributed by atoms with Crippen LogP contribution in [0.15, 0.2) is 36.5 Å². The summed E-state index contributed by atoms with van der Waals surface area (Å²) in [7, 11) is 0. The number of aromatic nitrogens is 1. The molecule has 0 bridgehead atoms. The van der Waals surface area contributed by atoms with E-state index < -0.39 is 23.1 Å². The van der Waals surface area contributed by atoms with E-state index in [2.05, 4.69) is 10.3 Å². The van der Waals surface area contributed by atoms with Crippen molar-refractivity contribution in [3.05, 3.63) is 65.0 Å². The second-order valence-corrected chi connectivity index (χ2v) is 7.96. The Labute approximate surface area is 169 Å². The topological polar surface area (TPSA) is 108 Å². The van der Waals surface area contributed by atoms with Crippen LogP contribution in [0.4, 0.5) is 19.5 Å². The third-order valence-corrected chi connectivity index (χ3v) is 5.30. The molecule has 0 fully saturated rings. The first-order valence-electron chi connectivity index (χ1n) is 8.59. The largest absolute Gasteiger partial charge is 0.390 e. The zero-order chi connectivity index (χ0) is 21.3. The lowest BCUT2D eigenvalue weighted by atomic mass is 9.96. The molecule has 1 amide bonds. The quantitative estimate of drug-likeness (QED) is 0.488. The van der Waals surface area contributed by atoms with Gasteiger partial charge in [-0.15, -0.1) is 11.3 Å². The molecule has 1 aromatic carbocycles. The maximum Gasteiger partial charge on any atom is 0.251 e. The van der Waals surface area contributed by atoms with Crippen LogP contribution in [0.5, 0.6) is 0 Å². The Morgan fingerprint density at radius 1 is 1.24 bits per heavy atom. The van der Waals surface area contributed by atoms with Crippen LogP contribution in [0.3, 0.4) is 0 Å². The molecule has 3 aromatic rings. The van der Waals surface area contributed by atoms with Gasteiger partial charge < -0.3 is 21.3 Å². The van der Waals surface area contributed by atoms with Crippen molar-refractivity contribution in [3.8, 4) is 10.4 Å². The van der Waals surface area contributed by atoms with Gasteiger partial charge in [-0.05, 0) is 49.7 Å². The molecule has 0 saturated heterocycles. The van der Waals surface area contributed by atoms with E-state index >= 15 is 0 Å². The van der Waals surface area contributed by atoms with Gasteiger partial charge in [0.2, 0.25) is 0 Å². The van der Waals surface area contributed by atoms with Crippen LogP contribution in [0, 0.1) is 11.6 Å². The summed E-state index contributed by atoms with van der Waals surface area (Å²) in [6, 6.07) is 6.62. The van der Waals surface area contributed by atoms with E-state index in [1.54, 1.807) is 12.1 Å². The smallest absolute Gasteiger partial charge is 0.251 e. The van der Waals surface area contributed by atoms with Gasteiger partial charge in [-0.1, -0.05) is 0 Å². The molecule has 3 rings (SSSR count). The minimum Gasteiger partial charge on any atom is -0.390 e. The fourth-order valence-corrected chi connectivity index (χ4v) is 3.86. The van der Waals surface area contributed by atoms with Crippen molar-refractivity contribution in [1.29, 1.82) is 0 Å². The number of carbonyl (C=O) groups excluding carboxylic acids is 1. The highest BCUT2D eigenvalue weighted by Crippen LogP contribution is 2.40. The van der Waals surface area contributed by atoms with Crippen LogP contribution in [0.1, 0.15) is 35.5 Å². The molecule has 6 nitrogen and oxygen atoms in total. The lowest BCUT2D eigenvalue weighted by molar-refractivity contribution is 0.0778. The Balaban J connectivity index is 2.06. The molecule has 0 aliphatic heterocycles. The first kappa shape index (κ1) is 20.8. The number of aliphatic hydroxyl groups excluding tert-OH is 1. The van der Waals surface area contributed by atoms with Crippen molar-refractivity contribution < 1.29 is 23.8 Å². The fourth-order valence-electron chi connectivity index (χ4n) is 2.73. The number of nitrogens with two attached hydrogens (primary N) is 1. The van der Waals surface area contributed by atoms with E-state index in [1.165, 1.54) is 26.1 Å². The Morgan fingerprint density at radius 2 is 1.90 bits per heavy atom. The Kier molecular flexibility index (Phi) is 5.65. The lowest BCUT2D eigenvalue weighted by Gasteiger charge is -2.18. The van der Waals surface area contributed by atoms with E-state index in [9.17, 15) is 23.8 Å². The highest BCUT2D eigenvalue weighted by Gasteiger charge is 2.24. The first-order valence-corrected chi connectivity index (χ1v) is 9.40. The van der Waals surface area contributed by atoms with Gasteiger partial charge in [-0.2, -0.15) is 0 Å². The van der Waals surface area contributed by atoms with Gasteiger partial charge in [0, 0.05) is 16.8 Å². The third-order valence-electron chi connectivity index (χ3n) is 4.23. The molecular formula is C20H19F2N3O3S. The summed E-state index contributed by atoms with van der Waals surface area (Å²) in [6.45, 7) is 2.58. The van der Waals surface area contributed by atoms with Crippen LogP contribution in [-0.4, -0.2) is 21.1 Å². The molecule has 9 heteroatoms. The maximum atomic E-state index is 14.7. The molecule has 0 aliphatic rings. The van der Waals surface area contributed by atoms with Crippen LogP contribution in [0.2, 0.25) is 0 Å². The molecule has 0 spiro atoms. The van der Waals surface area contributed by atoms with Crippen molar-refractivity contribution in [1.82, 2.24) is 4.98 Å². The van der Waals surface area contributed by atoms with E-state index in [4.69, 9.17) is 5.73 Å². The van der Waals surface area contributed by atoms with E-state index in [-0.39, 0.29) is 28.2 Å². The SMILES string of the molecule is CC(C)(O)c1cc(F)c(-c2cc(C(N)=O)c(Nc3ccnc(CO)c3)s2)c(F)c1. The normalized spacial score (nSPS) is 11.5. The average Bonchev–Trinajstić information content (AvgIpc) is 3.04. The molecule has 0 saturated carbocycles. The van der Waals surface area contributed by atoms with E-state index in [1.807, 2.05) is 0 Å². The second kappa shape index (κ2) is 7.86. The molecule has 0 atom stereocenters. The van der Waals surface area contributed by atoms with Crippen molar-refractivity contribution in [2.24, 2.45) is 5.73 Å². The summed E-state index contributed by atoms with van der Waals surface area (Å²) >= 11 is 0.954. The third kappa shape index (κ3) is 4.42. The molecule has 29 heavy (non-hydrogen) atoms. The van der Waals surface area contributed by atoms with Gasteiger partial charge in [0.05, 0.1) is 29.0 Å². The number of carbonyl (C=O) groups is 1.